The standard InChI is InChI=1S/C21H17BrN2O4/c22-17-7-9-18(10-8-17)24(12-15-4-2-1-3-5-15)20(26)14-23-13-16(21(27)28)6-11-19(23)25/h1-11,13H,12,14H2,(H,27,28). The summed E-state index contributed by atoms with van der Waals surface area (Å²) in [4.78, 5) is 37.9. The van der Waals surface area contributed by atoms with Gasteiger partial charge in [-0.1, -0.05) is 46.3 Å². The van der Waals surface area contributed by atoms with Crippen LogP contribution in [0.1, 0.15) is 15.9 Å². The maximum atomic E-state index is 13.0. The molecule has 1 aromatic heterocycles. The summed E-state index contributed by atoms with van der Waals surface area (Å²) < 4.78 is 2.00. The number of hydrogen-bond acceptors (Lipinski definition) is 3. The fraction of sp³-hybridized carbons (Fsp3) is 0.0952. The second kappa shape index (κ2) is 8.67. The molecule has 3 rings (SSSR count). The number of amides is 1. The van der Waals surface area contributed by atoms with Gasteiger partial charge < -0.3 is 14.6 Å². The SMILES string of the molecule is O=C(O)c1ccc(=O)n(CC(=O)N(Cc2ccccc2)c2ccc(Br)cc2)c1. The summed E-state index contributed by atoms with van der Waals surface area (Å²) >= 11 is 3.38. The molecule has 1 N–H and O–H groups in total. The van der Waals surface area contributed by atoms with Crippen LogP contribution < -0.4 is 10.5 Å². The zero-order valence-electron chi connectivity index (χ0n) is 14.8. The lowest BCUT2D eigenvalue weighted by Crippen LogP contribution is -2.36. The summed E-state index contributed by atoms with van der Waals surface area (Å²) in [5.41, 5.74) is 1.13. The molecule has 0 aliphatic heterocycles. The van der Waals surface area contributed by atoms with Crippen molar-refractivity contribution in [2.45, 2.75) is 13.1 Å². The Morgan fingerprint density at radius 1 is 0.964 bits per heavy atom. The molecular weight excluding hydrogens is 424 g/mol. The average Bonchev–Trinajstić information content (AvgIpc) is 2.69. The van der Waals surface area contributed by atoms with Crippen molar-refractivity contribution in [2.75, 3.05) is 4.90 Å². The molecule has 6 nitrogen and oxygen atoms in total. The molecule has 2 aromatic carbocycles. The minimum Gasteiger partial charge on any atom is -0.478 e. The number of aromatic carboxylic acids is 1. The summed E-state index contributed by atoms with van der Waals surface area (Å²) in [6.45, 7) is 0.0670. The number of carbonyl (C=O) groups is 2. The van der Waals surface area contributed by atoms with Crippen LogP contribution in [0, 0.1) is 0 Å². The molecule has 1 amide bonds. The van der Waals surface area contributed by atoms with Gasteiger partial charge in [0.1, 0.15) is 6.54 Å². The molecule has 0 atom stereocenters. The first-order chi connectivity index (χ1) is 13.4. The zero-order valence-corrected chi connectivity index (χ0v) is 16.4. The summed E-state index contributed by atoms with van der Waals surface area (Å²) in [5, 5.41) is 9.13. The molecule has 0 radical (unpaired) electrons. The Morgan fingerprint density at radius 3 is 2.29 bits per heavy atom. The predicted octanol–water partition coefficient (Wildman–Crippen LogP) is 3.54. The predicted molar refractivity (Wildman–Crippen MR) is 109 cm³/mol. The van der Waals surface area contributed by atoms with Crippen LogP contribution in [0.5, 0.6) is 0 Å². The van der Waals surface area contributed by atoms with Crippen LogP contribution in [0.4, 0.5) is 5.69 Å². The maximum Gasteiger partial charge on any atom is 0.337 e. The Kier molecular flexibility index (Phi) is 6.06. The molecule has 3 aromatic rings. The number of carbonyl (C=O) groups excluding carboxylic acids is 1. The molecule has 1 heterocycles. The highest BCUT2D eigenvalue weighted by atomic mass is 79.9. The second-order valence-electron chi connectivity index (χ2n) is 6.13. The number of anilines is 1. The van der Waals surface area contributed by atoms with Gasteiger partial charge in [0.2, 0.25) is 5.91 Å². The molecular formula is C21H17BrN2O4. The van der Waals surface area contributed by atoms with Gasteiger partial charge in [-0.15, -0.1) is 0 Å². The largest absolute Gasteiger partial charge is 0.478 e. The summed E-state index contributed by atoms with van der Waals surface area (Å²) in [7, 11) is 0. The first kappa shape index (κ1) is 19.6. The van der Waals surface area contributed by atoms with Crippen molar-refractivity contribution in [3.05, 3.63) is 98.9 Å². The van der Waals surface area contributed by atoms with E-state index in [1.807, 2.05) is 42.5 Å². The molecule has 28 heavy (non-hydrogen) atoms. The van der Waals surface area contributed by atoms with E-state index >= 15 is 0 Å². The van der Waals surface area contributed by atoms with Crippen molar-refractivity contribution < 1.29 is 14.7 Å². The van der Waals surface area contributed by atoms with Gasteiger partial charge in [0.25, 0.3) is 5.56 Å². The quantitative estimate of drug-likeness (QED) is 0.635. The molecule has 142 valence electrons. The van der Waals surface area contributed by atoms with E-state index in [1.165, 1.54) is 12.3 Å². The third kappa shape index (κ3) is 4.75. The first-order valence-electron chi connectivity index (χ1n) is 8.47. The number of aromatic nitrogens is 1. The molecule has 0 saturated heterocycles. The van der Waals surface area contributed by atoms with Crippen molar-refractivity contribution in [1.82, 2.24) is 4.57 Å². The van der Waals surface area contributed by atoms with Gasteiger partial charge in [0, 0.05) is 22.4 Å². The van der Waals surface area contributed by atoms with Crippen LogP contribution in [-0.4, -0.2) is 21.6 Å². The van der Waals surface area contributed by atoms with Crippen LogP contribution in [-0.2, 0) is 17.9 Å². The van der Waals surface area contributed by atoms with E-state index in [9.17, 15) is 14.4 Å². The van der Waals surface area contributed by atoms with Crippen molar-refractivity contribution in [1.29, 1.82) is 0 Å². The Bertz CT molecular complexity index is 1050. The van der Waals surface area contributed by atoms with E-state index < -0.39 is 11.5 Å². The highest BCUT2D eigenvalue weighted by Crippen LogP contribution is 2.21. The summed E-state index contributed by atoms with van der Waals surface area (Å²) in [5.74, 6) is -1.48. The van der Waals surface area contributed by atoms with Crippen molar-refractivity contribution in [3.8, 4) is 0 Å². The van der Waals surface area contributed by atoms with Crippen molar-refractivity contribution in [3.63, 3.8) is 0 Å². The lowest BCUT2D eigenvalue weighted by atomic mass is 10.2. The van der Waals surface area contributed by atoms with Crippen LogP contribution in [0.3, 0.4) is 0 Å². The molecule has 0 spiro atoms. The highest BCUT2D eigenvalue weighted by Gasteiger charge is 2.18. The molecule has 7 heteroatoms. The number of nitrogens with zero attached hydrogens (tertiary/aromatic N) is 2. The van der Waals surface area contributed by atoms with Gasteiger partial charge >= 0.3 is 5.97 Å². The minimum atomic E-state index is -1.16. The molecule has 0 unspecified atom stereocenters. The van der Waals surface area contributed by atoms with Gasteiger partial charge in [-0.3, -0.25) is 9.59 Å². The average molecular weight is 441 g/mol. The fourth-order valence-electron chi connectivity index (χ4n) is 2.72. The summed E-state index contributed by atoms with van der Waals surface area (Å²) in [6.07, 6.45) is 1.19. The van der Waals surface area contributed by atoms with E-state index in [0.29, 0.717) is 12.2 Å². The number of benzene rings is 2. The normalized spacial score (nSPS) is 10.5. The number of carboxylic acids is 1. The van der Waals surface area contributed by atoms with Crippen LogP contribution >= 0.6 is 15.9 Å². The fourth-order valence-corrected chi connectivity index (χ4v) is 2.99. The van der Waals surface area contributed by atoms with E-state index in [2.05, 4.69) is 15.9 Å². The second-order valence-corrected chi connectivity index (χ2v) is 7.05. The number of halogens is 1. The third-order valence-electron chi connectivity index (χ3n) is 4.16. The van der Waals surface area contributed by atoms with Crippen molar-refractivity contribution >= 4 is 33.5 Å². The Hall–Kier alpha value is -3.19. The monoisotopic (exact) mass is 440 g/mol. The highest BCUT2D eigenvalue weighted by molar-refractivity contribution is 9.10. The van der Waals surface area contributed by atoms with Gasteiger partial charge in [0.15, 0.2) is 0 Å². The molecule has 0 saturated carbocycles. The number of hydrogen-bond donors (Lipinski definition) is 1. The smallest absolute Gasteiger partial charge is 0.337 e. The van der Waals surface area contributed by atoms with Crippen LogP contribution in [0.15, 0.2) is 82.2 Å². The molecule has 0 aliphatic carbocycles. The van der Waals surface area contributed by atoms with Gasteiger partial charge in [0.05, 0.1) is 12.1 Å². The lowest BCUT2D eigenvalue weighted by molar-refractivity contribution is -0.119. The number of pyridine rings is 1. The first-order valence-corrected chi connectivity index (χ1v) is 9.27. The number of carboxylic acid groups (broad SMARTS) is 1. The Morgan fingerprint density at radius 2 is 1.64 bits per heavy atom. The van der Waals surface area contributed by atoms with Crippen LogP contribution in [0.2, 0.25) is 0 Å². The van der Waals surface area contributed by atoms with Crippen LogP contribution in [0.25, 0.3) is 0 Å². The Labute approximate surface area is 169 Å². The van der Waals surface area contributed by atoms with E-state index in [4.69, 9.17) is 5.11 Å². The van der Waals surface area contributed by atoms with E-state index in [-0.39, 0.29) is 18.0 Å². The molecule has 0 fully saturated rings. The Balaban J connectivity index is 1.92. The molecule has 0 aliphatic rings. The van der Waals surface area contributed by atoms with Gasteiger partial charge in [-0.2, -0.15) is 0 Å². The summed E-state index contributed by atoms with van der Waals surface area (Å²) in [6, 6.07) is 19.2. The minimum absolute atomic E-state index is 0.0503. The van der Waals surface area contributed by atoms with E-state index in [1.54, 1.807) is 17.0 Å². The van der Waals surface area contributed by atoms with Gasteiger partial charge in [-0.25, -0.2) is 4.79 Å². The topological polar surface area (TPSA) is 79.6 Å². The van der Waals surface area contributed by atoms with E-state index in [0.717, 1.165) is 20.7 Å². The zero-order chi connectivity index (χ0) is 20.1. The molecule has 0 bridgehead atoms. The van der Waals surface area contributed by atoms with Crippen molar-refractivity contribution in [2.24, 2.45) is 0 Å². The van der Waals surface area contributed by atoms with Gasteiger partial charge in [-0.05, 0) is 35.9 Å². The maximum absolute atomic E-state index is 13.0. The number of rotatable bonds is 6. The third-order valence-corrected chi connectivity index (χ3v) is 4.69. The lowest BCUT2D eigenvalue weighted by Gasteiger charge is -2.24.